The lowest BCUT2D eigenvalue weighted by Gasteiger charge is -2.00. The van der Waals surface area contributed by atoms with Gasteiger partial charge in [-0.15, -0.1) is 11.3 Å². The van der Waals surface area contributed by atoms with Gasteiger partial charge in [-0.25, -0.2) is 4.98 Å². The van der Waals surface area contributed by atoms with Crippen LogP contribution in [0.25, 0.3) is 11.3 Å². The van der Waals surface area contributed by atoms with Gasteiger partial charge in [0.15, 0.2) is 0 Å². The fourth-order valence-electron chi connectivity index (χ4n) is 1.92. The molecule has 96 valence electrons. The average Bonchev–Trinajstić information content (AvgIpc) is 2.86. The minimum Gasteiger partial charge on any atom is -0.396 e. The lowest BCUT2D eigenvalue weighted by atomic mass is 10.1. The summed E-state index contributed by atoms with van der Waals surface area (Å²) in [6.45, 7) is 2.43. The van der Waals surface area contributed by atoms with Crippen LogP contribution in [0.5, 0.6) is 0 Å². The van der Waals surface area contributed by atoms with Crippen LogP contribution in [0, 0.1) is 0 Å². The molecule has 0 atom stereocenters. The molecule has 0 saturated heterocycles. The van der Waals surface area contributed by atoms with Gasteiger partial charge < -0.3 is 5.11 Å². The molecular formula is C15H19NOS. The van der Waals surface area contributed by atoms with Gasteiger partial charge >= 0.3 is 0 Å². The molecule has 18 heavy (non-hydrogen) atoms. The number of hydrogen-bond acceptors (Lipinski definition) is 3. The lowest BCUT2D eigenvalue weighted by molar-refractivity contribution is 0.288. The highest BCUT2D eigenvalue weighted by molar-refractivity contribution is 7.09. The minimum absolute atomic E-state index is 0.237. The predicted octanol–water partition coefficient (Wildman–Crippen LogP) is 3.69. The molecule has 2 nitrogen and oxygen atoms in total. The molecule has 0 bridgehead atoms. The van der Waals surface area contributed by atoms with E-state index in [0.717, 1.165) is 30.0 Å². The van der Waals surface area contributed by atoms with Gasteiger partial charge in [0.05, 0.1) is 10.7 Å². The van der Waals surface area contributed by atoms with E-state index in [1.54, 1.807) is 11.3 Å². The Kier molecular flexibility index (Phi) is 4.90. The third-order valence-corrected chi connectivity index (χ3v) is 3.80. The second-order valence-electron chi connectivity index (χ2n) is 4.40. The van der Waals surface area contributed by atoms with E-state index in [1.165, 1.54) is 17.5 Å². The normalized spacial score (nSPS) is 10.8. The Hall–Kier alpha value is -1.19. The van der Waals surface area contributed by atoms with E-state index in [4.69, 9.17) is 5.11 Å². The summed E-state index contributed by atoms with van der Waals surface area (Å²) in [5, 5.41) is 12.0. The van der Waals surface area contributed by atoms with Gasteiger partial charge in [0, 0.05) is 24.0 Å². The SMILES string of the molecule is CCCc1ccc(-c2csc(CCCO)n2)cc1. The molecule has 0 radical (unpaired) electrons. The first-order valence-electron chi connectivity index (χ1n) is 6.48. The summed E-state index contributed by atoms with van der Waals surface area (Å²) in [6, 6.07) is 8.67. The molecule has 0 aliphatic carbocycles. The Balaban J connectivity index is 2.08. The van der Waals surface area contributed by atoms with Gasteiger partial charge in [-0.2, -0.15) is 0 Å². The molecule has 0 unspecified atom stereocenters. The number of benzene rings is 1. The standard InChI is InChI=1S/C15H19NOS/c1-2-4-12-6-8-13(9-7-12)14-11-18-15(16-14)5-3-10-17/h6-9,11,17H,2-5,10H2,1H3. The highest BCUT2D eigenvalue weighted by Gasteiger charge is 2.04. The van der Waals surface area contributed by atoms with Crippen LogP contribution in [-0.4, -0.2) is 16.7 Å². The molecule has 0 fully saturated rings. The van der Waals surface area contributed by atoms with Crippen molar-refractivity contribution in [3.63, 3.8) is 0 Å². The molecule has 0 aliphatic rings. The quantitative estimate of drug-likeness (QED) is 0.860. The molecular weight excluding hydrogens is 242 g/mol. The molecule has 3 heteroatoms. The van der Waals surface area contributed by atoms with E-state index in [2.05, 4.69) is 41.6 Å². The Morgan fingerprint density at radius 1 is 1.17 bits per heavy atom. The number of thiazole rings is 1. The van der Waals surface area contributed by atoms with Crippen LogP contribution in [0.4, 0.5) is 0 Å². The van der Waals surface area contributed by atoms with Gasteiger partial charge in [-0.1, -0.05) is 37.6 Å². The summed E-state index contributed by atoms with van der Waals surface area (Å²) in [5.41, 5.74) is 3.62. The second kappa shape index (κ2) is 6.66. The lowest BCUT2D eigenvalue weighted by Crippen LogP contribution is -1.89. The zero-order chi connectivity index (χ0) is 12.8. The summed E-state index contributed by atoms with van der Waals surface area (Å²) in [4.78, 5) is 4.60. The van der Waals surface area contributed by atoms with E-state index in [0.29, 0.717) is 0 Å². The fourth-order valence-corrected chi connectivity index (χ4v) is 2.77. The molecule has 0 spiro atoms. The number of rotatable bonds is 6. The minimum atomic E-state index is 0.237. The zero-order valence-electron chi connectivity index (χ0n) is 10.7. The predicted molar refractivity (Wildman–Crippen MR) is 77.0 cm³/mol. The Labute approximate surface area is 112 Å². The van der Waals surface area contributed by atoms with Crippen molar-refractivity contribution in [2.24, 2.45) is 0 Å². The van der Waals surface area contributed by atoms with Crippen molar-refractivity contribution in [3.8, 4) is 11.3 Å². The summed E-state index contributed by atoms with van der Waals surface area (Å²) in [7, 11) is 0. The maximum atomic E-state index is 8.81. The number of aliphatic hydroxyl groups excluding tert-OH is 1. The van der Waals surface area contributed by atoms with E-state index >= 15 is 0 Å². The van der Waals surface area contributed by atoms with Crippen molar-refractivity contribution < 1.29 is 5.11 Å². The number of aliphatic hydroxyl groups is 1. The summed E-state index contributed by atoms with van der Waals surface area (Å²) < 4.78 is 0. The number of hydrogen-bond donors (Lipinski definition) is 1. The summed E-state index contributed by atoms with van der Waals surface area (Å²) >= 11 is 1.68. The highest BCUT2D eigenvalue weighted by Crippen LogP contribution is 2.23. The Morgan fingerprint density at radius 3 is 2.61 bits per heavy atom. The largest absolute Gasteiger partial charge is 0.396 e. The molecule has 1 heterocycles. The Morgan fingerprint density at radius 2 is 1.94 bits per heavy atom. The van der Waals surface area contributed by atoms with Gasteiger partial charge in [0.2, 0.25) is 0 Å². The van der Waals surface area contributed by atoms with Crippen LogP contribution in [-0.2, 0) is 12.8 Å². The molecule has 0 amide bonds. The second-order valence-corrected chi connectivity index (χ2v) is 5.34. The molecule has 2 aromatic rings. The van der Waals surface area contributed by atoms with Crippen molar-refractivity contribution >= 4 is 11.3 Å². The van der Waals surface area contributed by atoms with E-state index in [1.807, 2.05) is 0 Å². The monoisotopic (exact) mass is 261 g/mol. The van der Waals surface area contributed by atoms with Crippen LogP contribution in [0.15, 0.2) is 29.6 Å². The smallest absolute Gasteiger partial charge is 0.0933 e. The summed E-state index contributed by atoms with van der Waals surface area (Å²) in [5.74, 6) is 0. The third-order valence-electron chi connectivity index (χ3n) is 2.89. The molecule has 1 aromatic heterocycles. The molecule has 0 saturated carbocycles. The first kappa shape index (κ1) is 13.2. The molecule has 1 N–H and O–H groups in total. The molecule has 1 aromatic carbocycles. The first-order chi connectivity index (χ1) is 8.83. The van der Waals surface area contributed by atoms with Gasteiger partial charge in [-0.3, -0.25) is 0 Å². The van der Waals surface area contributed by atoms with E-state index in [9.17, 15) is 0 Å². The molecule has 0 aliphatic heterocycles. The van der Waals surface area contributed by atoms with Crippen LogP contribution < -0.4 is 0 Å². The zero-order valence-corrected chi connectivity index (χ0v) is 11.5. The number of aryl methyl sites for hydroxylation is 2. The van der Waals surface area contributed by atoms with Crippen molar-refractivity contribution in [2.75, 3.05) is 6.61 Å². The van der Waals surface area contributed by atoms with Crippen molar-refractivity contribution in [1.82, 2.24) is 4.98 Å². The first-order valence-corrected chi connectivity index (χ1v) is 7.36. The van der Waals surface area contributed by atoms with Crippen LogP contribution in [0.1, 0.15) is 30.3 Å². The van der Waals surface area contributed by atoms with Crippen molar-refractivity contribution in [2.45, 2.75) is 32.6 Å². The maximum Gasteiger partial charge on any atom is 0.0933 e. The van der Waals surface area contributed by atoms with E-state index < -0.39 is 0 Å². The van der Waals surface area contributed by atoms with Crippen molar-refractivity contribution in [1.29, 1.82) is 0 Å². The number of nitrogens with zero attached hydrogens (tertiary/aromatic N) is 1. The van der Waals surface area contributed by atoms with Gasteiger partial charge in [0.25, 0.3) is 0 Å². The third kappa shape index (κ3) is 3.40. The van der Waals surface area contributed by atoms with Crippen molar-refractivity contribution in [3.05, 3.63) is 40.2 Å². The Bertz CT molecular complexity index is 475. The highest BCUT2D eigenvalue weighted by atomic mass is 32.1. The van der Waals surface area contributed by atoms with Crippen LogP contribution in [0.2, 0.25) is 0 Å². The maximum absolute atomic E-state index is 8.81. The van der Waals surface area contributed by atoms with Gasteiger partial charge in [-0.05, 0) is 18.4 Å². The number of aromatic nitrogens is 1. The topological polar surface area (TPSA) is 33.1 Å². The van der Waals surface area contributed by atoms with Crippen LogP contribution >= 0.6 is 11.3 Å². The fraction of sp³-hybridized carbons (Fsp3) is 0.400. The van der Waals surface area contributed by atoms with Crippen LogP contribution in [0.3, 0.4) is 0 Å². The molecule has 2 rings (SSSR count). The summed E-state index contributed by atoms with van der Waals surface area (Å²) in [6.07, 6.45) is 3.98. The van der Waals surface area contributed by atoms with Gasteiger partial charge in [0.1, 0.15) is 0 Å². The van der Waals surface area contributed by atoms with E-state index in [-0.39, 0.29) is 6.61 Å². The average molecular weight is 261 g/mol.